The Hall–Kier alpha value is -3.62. The number of hydrogen-bond donors (Lipinski definition) is 0. The molecule has 14 heteroatoms. The van der Waals surface area contributed by atoms with Crippen molar-refractivity contribution in [2.75, 3.05) is 50.2 Å². The first-order chi connectivity index (χ1) is 20.5. The van der Waals surface area contributed by atoms with Gasteiger partial charge in [0.15, 0.2) is 0 Å². The Morgan fingerprint density at radius 3 is 2.33 bits per heavy atom. The fourth-order valence-electron chi connectivity index (χ4n) is 5.79. The number of benzene rings is 2. The van der Waals surface area contributed by atoms with E-state index in [0.29, 0.717) is 46.7 Å². The number of hydrogen-bond acceptors (Lipinski definition) is 8. The van der Waals surface area contributed by atoms with Crippen LogP contribution in [-0.2, 0) is 31.8 Å². The van der Waals surface area contributed by atoms with Crippen LogP contribution in [0.15, 0.2) is 58.4 Å². The van der Waals surface area contributed by atoms with Crippen LogP contribution in [0.1, 0.15) is 21.9 Å². The molecule has 3 unspecified atom stereocenters. The Balaban J connectivity index is 1.46. The van der Waals surface area contributed by atoms with E-state index in [-0.39, 0.29) is 12.5 Å². The number of anilines is 2. The van der Waals surface area contributed by atoms with Crippen LogP contribution in [0.2, 0.25) is 0 Å². The van der Waals surface area contributed by atoms with Crippen molar-refractivity contribution >= 4 is 52.2 Å². The van der Waals surface area contributed by atoms with Crippen molar-refractivity contribution in [1.82, 2.24) is 9.47 Å². The normalized spacial score (nSPS) is 22.0. The predicted octanol–water partition coefficient (Wildman–Crippen LogP) is 3.65. The standard InChI is InChI=1S/C29H27F3N4O5S2/c1-33(2)17-9-7-16(8-10-17)21-22-23(26(39)36(25(22)38)19-6-4-3-5-18(19)29(30,31)32)42-27-24(21)43-28(40)35(27)15-20(37)34-11-13-41-14-12-34/h3-10,21-23H,11-15H2,1-2H3. The number of amides is 3. The van der Waals surface area contributed by atoms with Crippen molar-refractivity contribution in [3.8, 4) is 0 Å². The summed E-state index contributed by atoms with van der Waals surface area (Å²) >= 11 is 1.86. The maximum absolute atomic E-state index is 14.0. The van der Waals surface area contributed by atoms with Crippen molar-refractivity contribution in [2.24, 2.45) is 5.92 Å². The number of para-hydroxylation sites is 1. The van der Waals surface area contributed by atoms with Crippen LogP contribution in [0.25, 0.3) is 0 Å². The summed E-state index contributed by atoms with van der Waals surface area (Å²) in [6.45, 7) is 1.29. The first-order valence-corrected chi connectivity index (χ1v) is 15.2. The summed E-state index contributed by atoms with van der Waals surface area (Å²) in [4.78, 5) is 58.6. The smallest absolute Gasteiger partial charge is 0.378 e. The molecule has 2 saturated heterocycles. The SMILES string of the molecule is CN(C)c1ccc(C2c3sc(=O)n(CC(=O)N4CCOCC4)c3SC3C(=O)N(c4ccccc4C(F)(F)F)C(=O)C32)cc1. The third kappa shape index (κ3) is 5.14. The van der Waals surface area contributed by atoms with Gasteiger partial charge in [0, 0.05) is 43.7 Å². The third-order valence-corrected chi connectivity index (χ3v) is 10.5. The first kappa shape index (κ1) is 29.5. The van der Waals surface area contributed by atoms with Crippen LogP contribution >= 0.6 is 23.1 Å². The largest absolute Gasteiger partial charge is 0.418 e. The number of nitrogens with zero attached hydrogens (tertiary/aromatic N) is 4. The average Bonchev–Trinajstić information content (AvgIpc) is 3.43. The van der Waals surface area contributed by atoms with Crippen molar-refractivity contribution in [3.63, 3.8) is 0 Å². The summed E-state index contributed by atoms with van der Waals surface area (Å²) in [6.07, 6.45) is -4.79. The maximum Gasteiger partial charge on any atom is 0.418 e. The second-order valence-corrected chi connectivity index (χ2v) is 12.8. The summed E-state index contributed by atoms with van der Waals surface area (Å²) < 4.78 is 48.6. The number of thiazole rings is 1. The van der Waals surface area contributed by atoms with Gasteiger partial charge < -0.3 is 14.5 Å². The van der Waals surface area contributed by atoms with Gasteiger partial charge in [0.1, 0.15) is 11.8 Å². The fourth-order valence-corrected chi connectivity index (χ4v) is 8.56. The second-order valence-electron chi connectivity index (χ2n) is 10.7. The van der Waals surface area contributed by atoms with E-state index in [0.717, 1.165) is 40.9 Å². The number of carbonyl (C=O) groups is 3. The summed E-state index contributed by atoms with van der Waals surface area (Å²) in [6, 6.07) is 11.8. The number of carbonyl (C=O) groups excluding carboxylic acids is 3. The van der Waals surface area contributed by atoms with E-state index in [4.69, 9.17) is 4.74 Å². The summed E-state index contributed by atoms with van der Waals surface area (Å²) in [5.74, 6) is -3.67. The van der Waals surface area contributed by atoms with Crippen LogP contribution in [0, 0.1) is 5.92 Å². The Morgan fingerprint density at radius 1 is 1.00 bits per heavy atom. The minimum Gasteiger partial charge on any atom is -0.378 e. The average molecular weight is 633 g/mol. The molecule has 6 rings (SSSR count). The highest BCUT2D eigenvalue weighted by Crippen LogP contribution is 2.54. The van der Waals surface area contributed by atoms with Gasteiger partial charge in [-0.05, 0) is 29.8 Å². The molecule has 2 fully saturated rings. The van der Waals surface area contributed by atoms with E-state index < -0.39 is 51.2 Å². The number of halogens is 3. The lowest BCUT2D eigenvalue weighted by molar-refractivity contribution is -0.137. The zero-order chi connectivity index (χ0) is 30.6. The second kappa shape index (κ2) is 11.1. The molecule has 0 radical (unpaired) electrons. The van der Waals surface area contributed by atoms with Gasteiger partial charge in [-0.3, -0.25) is 23.7 Å². The molecule has 2 aromatic carbocycles. The number of thioether (sulfide) groups is 1. The summed E-state index contributed by atoms with van der Waals surface area (Å²) in [5.41, 5.74) is -0.0933. The lowest BCUT2D eigenvalue weighted by atomic mass is 9.83. The molecule has 9 nitrogen and oxygen atoms in total. The number of rotatable bonds is 5. The minimum absolute atomic E-state index is 0.260. The molecular formula is C29H27F3N4O5S2. The van der Waals surface area contributed by atoms with E-state index in [1.54, 1.807) is 17.0 Å². The van der Waals surface area contributed by atoms with E-state index in [9.17, 15) is 32.3 Å². The highest BCUT2D eigenvalue weighted by Gasteiger charge is 2.57. The molecular weight excluding hydrogens is 605 g/mol. The number of imide groups is 1. The van der Waals surface area contributed by atoms with Crippen LogP contribution in [0.3, 0.4) is 0 Å². The Bertz CT molecular complexity index is 1650. The molecule has 0 saturated carbocycles. The topological polar surface area (TPSA) is 92.2 Å². The molecule has 3 aromatic rings. The minimum atomic E-state index is -4.79. The van der Waals surface area contributed by atoms with Crippen molar-refractivity contribution in [1.29, 1.82) is 0 Å². The zero-order valence-corrected chi connectivity index (χ0v) is 24.8. The number of morpholine rings is 1. The number of ether oxygens (including phenoxy) is 1. The lowest BCUT2D eigenvalue weighted by Gasteiger charge is -2.31. The number of fused-ring (bicyclic) bond motifs is 2. The van der Waals surface area contributed by atoms with Crippen LogP contribution in [0.5, 0.6) is 0 Å². The van der Waals surface area contributed by atoms with Crippen molar-refractivity contribution in [3.05, 3.63) is 74.2 Å². The van der Waals surface area contributed by atoms with Crippen LogP contribution < -0.4 is 14.7 Å². The molecule has 226 valence electrons. The van der Waals surface area contributed by atoms with E-state index in [1.165, 1.54) is 16.7 Å². The zero-order valence-electron chi connectivity index (χ0n) is 23.2. The third-order valence-electron chi connectivity index (χ3n) is 7.93. The van der Waals surface area contributed by atoms with Gasteiger partial charge >= 0.3 is 11.0 Å². The fraction of sp³-hybridized carbons (Fsp3) is 0.379. The van der Waals surface area contributed by atoms with Gasteiger partial charge in [-0.2, -0.15) is 13.2 Å². The van der Waals surface area contributed by atoms with Gasteiger partial charge in [-0.15, -0.1) is 0 Å². The molecule has 3 aliphatic heterocycles. The van der Waals surface area contributed by atoms with Crippen LogP contribution in [-0.4, -0.2) is 72.8 Å². The number of aromatic nitrogens is 1. The highest BCUT2D eigenvalue weighted by atomic mass is 32.2. The molecule has 0 aliphatic carbocycles. The molecule has 0 bridgehead atoms. The van der Waals surface area contributed by atoms with E-state index in [1.807, 2.05) is 31.1 Å². The van der Waals surface area contributed by atoms with Gasteiger partial charge in [0.2, 0.25) is 17.7 Å². The van der Waals surface area contributed by atoms with Crippen molar-refractivity contribution < 1.29 is 32.3 Å². The highest BCUT2D eigenvalue weighted by molar-refractivity contribution is 8.00. The van der Waals surface area contributed by atoms with Gasteiger partial charge in [-0.1, -0.05) is 47.4 Å². The molecule has 0 N–H and O–H groups in total. The van der Waals surface area contributed by atoms with E-state index in [2.05, 4.69) is 0 Å². The van der Waals surface area contributed by atoms with E-state index >= 15 is 0 Å². The molecule has 43 heavy (non-hydrogen) atoms. The quantitative estimate of drug-likeness (QED) is 0.397. The van der Waals surface area contributed by atoms with Gasteiger partial charge in [-0.25, -0.2) is 4.90 Å². The van der Waals surface area contributed by atoms with Crippen molar-refractivity contribution in [2.45, 2.75) is 28.9 Å². The molecule has 1 aromatic heterocycles. The van der Waals surface area contributed by atoms with Crippen LogP contribution in [0.4, 0.5) is 24.5 Å². The van der Waals surface area contributed by atoms with Gasteiger partial charge in [0.05, 0.1) is 35.4 Å². The Morgan fingerprint density at radius 2 is 1.67 bits per heavy atom. The molecule has 4 heterocycles. The first-order valence-electron chi connectivity index (χ1n) is 13.5. The number of alkyl halides is 3. The Kier molecular flexibility index (Phi) is 7.63. The Labute approximate surface area is 252 Å². The predicted molar refractivity (Wildman–Crippen MR) is 156 cm³/mol. The molecule has 3 atom stereocenters. The monoisotopic (exact) mass is 632 g/mol. The molecule has 3 amide bonds. The molecule has 0 spiro atoms. The molecule has 3 aliphatic rings. The lowest BCUT2D eigenvalue weighted by Crippen LogP contribution is -2.43. The summed E-state index contributed by atoms with van der Waals surface area (Å²) in [7, 11) is 3.74. The van der Waals surface area contributed by atoms with Gasteiger partial charge in [0.25, 0.3) is 0 Å². The summed E-state index contributed by atoms with van der Waals surface area (Å²) in [5, 5.41) is -0.717. The maximum atomic E-state index is 14.0.